The predicted octanol–water partition coefficient (Wildman–Crippen LogP) is 3.78. The maximum Gasteiger partial charge on any atom is 0.261 e. The Bertz CT molecular complexity index is 919. The highest BCUT2D eigenvalue weighted by Crippen LogP contribution is 2.34. The number of aryl methyl sites for hydroxylation is 2. The van der Waals surface area contributed by atoms with Crippen LogP contribution in [0.3, 0.4) is 0 Å². The van der Waals surface area contributed by atoms with Crippen LogP contribution in [0.4, 0.5) is 11.4 Å². The van der Waals surface area contributed by atoms with E-state index in [-0.39, 0.29) is 16.7 Å². The number of nitrogens with one attached hydrogen (secondary N) is 2. The largest absolute Gasteiger partial charge is 0.325 e. The molecule has 1 aliphatic heterocycles. The monoisotopic (exact) mass is 376 g/mol. The molecule has 2 aromatic rings. The maximum absolute atomic E-state index is 12.8. The SMILES string of the molecule is Cc1cccc(C)c1NS(=O)(=O)c1ccc2c(c1)NC(=O)C(C)CS2. The van der Waals surface area contributed by atoms with Crippen molar-refractivity contribution in [1.29, 1.82) is 0 Å². The van der Waals surface area contributed by atoms with Gasteiger partial charge in [-0.05, 0) is 43.2 Å². The lowest BCUT2D eigenvalue weighted by molar-refractivity contribution is -0.118. The van der Waals surface area contributed by atoms with Crippen LogP contribution in [0, 0.1) is 19.8 Å². The van der Waals surface area contributed by atoms with Crippen molar-refractivity contribution in [2.24, 2.45) is 5.92 Å². The van der Waals surface area contributed by atoms with E-state index in [0.29, 0.717) is 17.1 Å². The molecule has 1 unspecified atom stereocenters. The molecule has 0 aromatic heterocycles. The number of rotatable bonds is 3. The fourth-order valence-corrected chi connectivity index (χ4v) is 4.85. The number of hydrogen-bond acceptors (Lipinski definition) is 4. The van der Waals surface area contributed by atoms with E-state index in [0.717, 1.165) is 16.0 Å². The van der Waals surface area contributed by atoms with Crippen LogP contribution in [0.25, 0.3) is 0 Å². The van der Waals surface area contributed by atoms with Crippen LogP contribution in [-0.2, 0) is 14.8 Å². The first-order valence-corrected chi connectivity index (χ1v) is 10.4. The molecule has 0 saturated carbocycles. The van der Waals surface area contributed by atoms with E-state index in [1.54, 1.807) is 23.9 Å². The van der Waals surface area contributed by atoms with Gasteiger partial charge in [-0.25, -0.2) is 8.42 Å². The summed E-state index contributed by atoms with van der Waals surface area (Å²) in [4.78, 5) is 13.0. The molecule has 3 rings (SSSR count). The number of hydrogen-bond donors (Lipinski definition) is 2. The Balaban J connectivity index is 1.96. The lowest BCUT2D eigenvalue weighted by Gasteiger charge is -2.14. The first kappa shape index (κ1) is 17.8. The fraction of sp³-hybridized carbons (Fsp3) is 0.278. The summed E-state index contributed by atoms with van der Waals surface area (Å²) in [5, 5.41) is 2.82. The third kappa shape index (κ3) is 3.67. The van der Waals surface area contributed by atoms with Gasteiger partial charge in [0.05, 0.1) is 16.3 Å². The molecule has 0 radical (unpaired) electrons. The van der Waals surface area contributed by atoms with E-state index >= 15 is 0 Å². The summed E-state index contributed by atoms with van der Waals surface area (Å²) in [6.45, 7) is 5.58. The number of fused-ring (bicyclic) bond motifs is 1. The van der Waals surface area contributed by atoms with Crippen LogP contribution in [0.2, 0.25) is 0 Å². The molecule has 25 heavy (non-hydrogen) atoms. The van der Waals surface area contributed by atoms with Crippen molar-refractivity contribution in [3.63, 3.8) is 0 Å². The van der Waals surface area contributed by atoms with Gasteiger partial charge in [-0.2, -0.15) is 0 Å². The molecule has 0 bridgehead atoms. The second kappa shape index (κ2) is 6.72. The average molecular weight is 377 g/mol. The van der Waals surface area contributed by atoms with Gasteiger partial charge in [0.2, 0.25) is 5.91 Å². The number of anilines is 2. The molecule has 1 heterocycles. The molecule has 5 nitrogen and oxygen atoms in total. The minimum atomic E-state index is -3.75. The standard InChI is InChI=1S/C18H20N2O3S2/c1-11-5-4-6-12(2)17(11)20-25(22,23)14-7-8-16-15(9-14)19-18(21)13(3)10-24-16/h4-9,13,20H,10H2,1-3H3,(H,19,21). The third-order valence-electron chi connectivity index (χ3n) is 4.17. The summed E-state index contributed by atoms with van der Waals surface area (Å²) in [6, 6.07) is 10.5. The quantitative estimate of drug-likeness (QED) is 0.855. The summed E-state index contributed by atoms with van der Waals surface area (Å²) < 4.78 is 28.3. The van der Waals surface area contributed by atoms with Gasteiger partial charge in [0.25, 0.3) is 10.0 Å². The smallest absolute Gasteiger partial charge is 0.261 e. The minimum Gasteiger partial charge on any atom is -0.325 e. The fourth-order valence-electron chi connectivity index (χ4n) is 2.61. The highest BCUT2D eigenvalue weighted by Gasteiger charge is 2.23. The van der Waals surface area contributed by atoms with E-state index in [4.69, 9.17) is 0 Å². The highest BCUT2D eigenvalue weighted by atomic mass is 32.2. The third-order valence-corrected chi connectivity index (χ3v) is 6.85. The summed E-state index contributed by atoms with van der Waals surface area (Å²) in [5.41, 5.74) is 2.85. The van der Waals surface area contributed by atoms with Crippen LogP contribution in [0.5, 0.6) is 0 Å². The molecule has 1 atom stereocenters. The second-order valence-corrected chi connectivity index (χ2v) is 8.98. The van der Waals surface area contributed by atoms with Crippen LogP contribution < -0.4 is 10.0 Å². The van der Waals surface area contributed by atoms with E-state index < -0.39 is 10.0 Å². The molecule has 2 aromatic carbocycles. The number of carbonyl (C=O) groups is 1. The van der Waals surface area contributed by atoms with Gasteiger partial charge < -0.3 is 5.32 Å². The van der Waals surface area contributed by atoms with Crippen LogP contribution >= 0.6 is 11.8 Å². The molecule has 7 heteroatoms. The second-order valence-electron chi connectivity index (χ2n) is 6.23. The molecular formula is C18H20N2O3S2. The van der Waals surface area contributed by atoms with Crippen LogP contribution in [-0.4, -0.2) is 20.1 Å². The lowest BCUT2D eigenvalue weighted by Crippen LogP contribution is -2.20. The number of thioether (sulfide) groups is 1. The van der Waals surface area contributed by atoms with Gasteiger partial charge >= 0.3 is 0 Å². The predicted molar refractivity (Wildman–Crippen MR) is 102 cm³/mol. The Morgan fingerprint density at radius 1 is 1.16 bits per heavy atom. The zero-order valence-corrected chi connectivity index (χ0v) is 15.9. The Morgan fingerprint density at radius 3 is 2.52 bits per heavy atom. The first-order valence-electron chi connectivity index (χ1n) is 7.94. The van der Waals surface area contributed by atoms with Crippen LogP contribution in [0.15, 0.2) is 46.2 Å². The van der Waals surface area contributed by atoms with Crippen molar-refractivity contribution in [1.82, 2.24) is 0 Å². The molecule has 1 amide bonds. The normalized spacial score (nSPS) is 17.4. The summed E-state index contributed by atoms with van der Waals surface area (Å²) in [6.07, 6.45) is 0. The van der Waals surface area contributed by atoms with Crippen molar-refractivity contribution < 1.29 is 13.2 Å². The summed E-state index contributed by atoms with van der Waals surface area (Å²) >= 11 is 1.55. The van der Waals surface area contributed by atoms with E-state index in [2.05, 4.69) is 10.0 Å². The van der Waals surface area contributed by atoms with Crippen molar-refractivity contribution >= 4 is 39.1 Å². The van der Waals surface area contributed by atoms with Crippen molar-refractivity contribution in [3.05, 3.63) is 47.5 Å². The molecule has 0 spiro atoms. The molecule has 2 N–H and O–H groups in total. The molecule has 132 valence electrons. The van der Waals surface area contributed by atoms with Crippen molar-refractivity contribution in [2.45, 2.75) is 30.6 Å². The lowest BCUT2D eigenvalue weighted by atomic mass is 10.1. The van der Waals surface area contributed by atoms with Gasteiger partial charge in [0.15, 0.2) is 0 Å². The van der Waals surface area contributed by atoms with Crippen LogP contribution in [0.1, 0.15) is 18.1 Å². The Morgan fingerprint density at radius 2 is 1.84 bits per heavy atom. The summed E-state index contributed by atoms with van der Waals surface area (Å²) in [5.74, 6) is 0.458. The number of amides is 1. The number of para-hydroxylation sites is 1. The van der Waals surface area contributed by atoms with Crippen molar-refractivity contribution in [3.8, 4) is 0 Å². The van der Waals surface area contributed by atoms with Gasteiger partial charge in [-0.1, -0.05) is 25.1 Å². The van der Waals surface area contributed by atoms with E-state index in [9.17, 15) is 13.2 Å². The minimum absolute atomic E-state index is 0.0940. The average Bonchev–Trinajstić information content (AvgIpc) is 2.70. The number of benzene rings is 2. The highest BCUT2D eigenvalue weighted by molar-refractivity contribution is 7.99. The number of carbonyl (C=O) groups excluding carboxylic acids is 1. The summed E-state index contributed by atoms with van der Waals surface area (Å²) in [7, 11) is -3.75. The zero-order valence-electron chi connectivity index (χ0n) is 14.3. The zero-order chi connectivity index (χ0) is 18.2. The topological polar surface area (TPSA) is 75.3 Å². The van der Waals surface area contributed by atoms with Gasteiger partial charge in [0.1, 0.15) is 0 Å². The molecule has 0 aliphatic carbocycles. The van der Waals surface area contributed by atoms with Crippen molar-refractivity contribution in [2.75, 3.05) is 15.8 Å². The van der Waals surface area contributed by atoms with E-state index in [1.165, 1.54) is 6.07 Å². The number of sulfonamides is 1. The van der Waals surface area contributed by atoms with E-state index in [1.807, 2.05) is 39.0 Å². The maximum atomic E-state index is 12.8. The molecule has 1 aliphatic rings. The first-order chi connectivity index (χ1) is 11.8. The Hall–Kier alpha value is -1.99. The molecular weight excluding hydrogens is 356 g/mol. The Kier molecular flexibility index (Phi) is 4.79. The van der Waals surface area contributed by atoms with Gasteiger partial charge in [0, 0.05) is 16.6 Å². The van der Waals surface area contributed by atoms with Gasteiger partial charge in [-0.15, -0.1) is 11.8 Å². The Labute approximate surface area is 152 Å². The molecule has 0 fully saturated rings. The molecule has 0 saturated heterocycles. The van der Waals surface area contributed by atoms with Gasteiger partial charge in [-0.3, -0.25) is 9.52 Å².